The molecule has 166 valence electrons. The summed E-state index contributed by atoms with van der Waals surface area (Å²) in [5, 5.41) is 13.3. The number of aromatic nitrogens is 6. The summed E-state index contributed by atoms with van der Waals surface area (Å²) in [6.07, 6.45) is 0. The van der Waals surface area contributed by atoms with Crippen LogP contribution in [0.2, 0.25) is 0 Å². The Morgan fingerprint density at radius 1 is 1.06 bits per heavy atom. The molecule has 2 aromatic carbocycles. The van der Waals surface area contributed by atoms with E-state index < -0.39 is 10.0 Å². The van der Waals surface area contributed by atoms with Crippen molar-refractivity contribution in [3.8, 4) is 5.69 Å². The summed E-state index contributed by atoms with van der Waals surface area (Å²) in [5.74, 6) is 0. The molecule has 3 heterocycles. The summed E-state index contributed by atoms with van der Waals surface area (Å²) < 4.78 is 36.5. The van der Waals surface area contributed by atoms with E-state index in [1.807, 2.05) is 47.9 Å². The Bertz CT molecular complexity index is 1350. The van der Waals surface area contributed by atoms with Crippen LogP contribution < -0.4 is 0 Å². The number of hydrogen-bond donors (Lipinski definition) is 0. The minimum atomic E-state index is -3.60. The number of fused-ring (bicyclic) bond motifs is 1. The molecule has 4 aromatic rings. The number of aryl methyl sites for hydroxylation is 1. The van der Waals surface area contributed by atoms with Crippen molar-refractivity contribution in [2.45, 2.75) is 28.7 Å². The minimum absolute atomic E-state index is 0.235. The normalized spacial score (nSPS) is 15.4. The van der Waals surface area contributed by atoms with E-state index in [9.17, 15) is 8.42 Å². The lowest BCUT2D eigenvalue weighted by Crippen LogP contribution is -2.40. The van der Waals surface area contributed by atoms with E-state index in [0.717, 1.165) is 11.2 Å². The fourth-order valence-corrected chi connectivity index (χ4v) is 6.00. The third kappa shape index (κ3) is 3.79. The zero-order valence-electron chi connectivity index (χ0n) is 17.3. The third-order valence-electron chi connectivity index (χ3n) is 5.23. The first kappa shape index (κ1) is 21.1. The second-order valence-electron chi connectivity index (χ2n) is 7.12. The highest BCUT2D eigenvalue weighted by Crippen LogP contribution is 2.31. The summed E-state index contributed by atoms with van der Waals surface area (Å²) in [5.41, 5.74) is 2.31. The molecule has 0 spiro atoms. The van der Waals surface area contributed by atoms with E-state index in [1.165, 1.54) is 16.1 Å². The first-order valence-corrected chi connectivity index (χ1v) is 12.4. The van der Waals surface area contributed by atoms with Crippen LogP contribution in [-0.4, -0.2) is 68.8 Å². The Morgan fingerprint density at radius 3 is 2.59 bits per heavy atom. The van der Waals surface area contributed by atoms with Crippen molar-refractivity contribution < 1.29 is 13.2 Å². The summed E-state index contributed by atoms with van der Waals surface area (Å²) in [7, 11) is -3.60. The summed E-state index contributed by atoms with van der Waals surface area (Å²) >= 11 is 1.34. The highest BCUT2D eigenvalue weighted by molar-refractivity contribution is 7.99. The average molecular weight is 472 g/mol. The zero-order chi connectivity index (χ0) is 22.1. The second kappa shape index (κ2) is 8.62. The smallest absolute Gasteiger partial charge is 0.243 e. The largest absolute Gasteiger partial charge is 0.379 e. The maximum Gasteiger partial charge on any atom is 0.243 e. The molecule has 1 aliphatic rings. The number of benzene rings is 2. The Kier molecular flexibility index (Phi) is 5.67. The van der Waals surface area contributed by atoms with Crippen LogP contribution in [-0.2, 0) is 21.3 Å². The number of sulfonamides is 1. The number of morpholine rings is 1. The summed E-state index contributed by atoms with van der Waals surface area (Å²) in [6, 6.07) is 14.7. The Balaban J connectivity index is 1.51. The molecular formula is C20H21N7O3S2. The fraction of sp³-hybridized carbons (Fsp3) is 0.300. The molecule has 1 saturated heterocycles. The molecule has 1 fully saturated rings. The molecule has 0 aliphatic carbocycles. The van der Waals surface area contributed by atoms with Crippen LogP contribution in [0, 0.1) is 0 Å². The van der Waals surface area contributed by atoms with Crippen LogP contribution in [0.3, 0.4) is 0 Å². The molecular weight excluding hydrogens is 450 g/mol. The van der Waals surface area contributed by atoms with Gasteiger partial charge in [0.2, 0.25) is 15.2 Å². The first-order chi connectivity index (χ1) is 15.6. The highest BCUT2D eigenvalue weighted by Gasteiger charge is 2.27. The third-order valence-corrected chi connectivity index (χ3v) is 8.06. The first-order valence-electron chi connectivity index (χ1n) is 10.2. The van der Waals surface area contributed by atoms with Gasteiger partial charge in [0.25, 0.3) is 0 Å². The molecule has 12 heteroatoms. The van der Waals surface area contributed by atoms with Gasteiger partial charge in [-0.2, -0.15) is 8.99 Å². The molecule has 1 aliphatic heterocycles. The van der Waals surface area contributed by atoms with E-state index in [0.29, 0.717) is 48.7 Å². The second-order valence-corrected chi connectivity index (χ2v) is 9.99. The molecule has 0 saturated carbocycles. The monoisotopic (exact) mass is 471 g/mol. The predicted octanol–water partition coefficient (Wildman–Crippen LogP) is 2.20. The van der Waals surface area contributed by atoms with Crippen LogP contribution >= 0.6 is 11.8 Å². The molecule has 0 N–H and O–H groups in total. The van der Waals surface area contributed by atoms with Gasteiger partial charge in [0, 0.05) is 19.6 Å². The van der Waals surface area contributed by atoms with Crippen molar-refractivity contribution in [1.29, 1.82) is 0 Å². The SMILES string of the molecule is CCn1c(Sc2nnnn2-c2ccccc2)nc2cc(S(=O)(=O)N3CCOCC3)ccc21. The number of nitrogens with zero attached hydrogens (tertiary/aromatic N) is 7. The maximum atomic E-state index is 13.1. The molecule has 0 bridgehead atoms. The molecule has 2 aromatic heterocycles. The minimum Gasteiger partial charge on any atom is -0.379 e. The van der Waals surface area contributed by atoms with Crippen LogP contribution in [0.5, 0.6) is 0 Å². The summed E-state index contributed by atoms with van der Waals surface area (Å²) in [6.45, 7) is 4.21. The van der Waals surface area contributed by atoms with E-state index in [2.05, 4.69) is 15.5 Å². The highest BCUT2D eigenvalue weighted by atomic mass is 32.2. The number of ether oxygens (including phenoxy) is 1. The number of para-hydroxylation sites is 1. The number of rotatable bonds is 6. The molecule has 0 amide bonds. The number of tetrazole rings is 1. The Labute approximate surface area is 189 Å². The van der Waals surface area contributed by atoms with Gasteiger partial charge in [-0.1, -0.05) is 18.2 Å². The molecule has 5 rings (SSSR count). The Hall–Kier alpha value is -2.80. The number of imidazole rings is 1. The zero-order valence-corrected chi connectivity index (χ0v) is 19.0. The van der Waals surface area contributed by atoms with Gasteiger partial charge in [-0.15, -0.1) is 5.10 Å². The topological polar surface area (TPSA) is 108 Å². The van der Waals surface area contributed by atoms with Crippen molar-refractivity contribution in [2.24, 2.45) is 0 Å². The van der Waals surface area contributed by atoms with Gasteiger partial charge in [0.15, 0.2) is 5.16 Å². The van der Waals surface area contributed by atoms with Gasteiger partial charge < -0.3 is 9.30 Å². The maximum absolute atomic E-state index is 13.1. The van der Waals surface area contributed by atoms with Gasteiger partial charge in [-0.3, -0.25) is 0 Å². The predicted molar refractivity (Wildman–Crippen MR) is 118 cm³/mol. The van der Waals surface area contributed by atoms with Gasteiger partial charge in [-0.05, 0) is 59.4 Å². The van der Waals surface area contributed by atoms with Crippen molar-refractivity contribution in [3.63, 3.8) is 0 Å². The average Bonchev–Trinajstić information content (AvgIpc) is 3.43. The van der Waals surface area contributed by atoms with E-state index in [-0.39, 0.29) is 4.90 Å². The molecule has 0 unspecified atom stereocenters. The van der Waals surface area contributed by atoms with Gasteiger partial charge in [0.05, 0.1) is 34.8 Å². The standard InChI is InChI=1S/C20H21N7O3S2/c1-2-26-18-9-8-16(32(28,29)25-10-12-30-13-11-25)14-17(18)21-19(26)31-20-22-23-24-27(20)15-6-4-3-5-7-15/h3-9,14H,2,10-13H2,1H3. The van der Waals surface area contributed by atoms with E-state index in [1.54, 1.807) is 16.8 Å². The van der Waals surface area contributed by atoms with Crippen molar-refractivity contribution in [1.82, 2.24) is 34.1 Å². The van der Waals surface area contributed by atoms with Gasteiger partial charge in [0.1, 0.15) is 0 Å². The fourth-order valence-electron chi connectivity index (χ4n) is 3.62. The molecule has 0 radical (unpaired) electrons. The summed E-state index contributed by atoms with van der Waals surface area (Å²) in [4.78, 5) is 4.96. The van der Waals surface area contributed by atoms with E-state index in [4.69, 9.17) is 9.72 Å². The molecule has 0 atom stereocenters. The molecule has 10 nitrogen and oxygen atoms in total. The van der Waals surface area contributed by atoms with Crippen molar-refractivity contribution in [2.75, 3.05) is 26.3 Å². The van der Waals surface area contributed by atoms with Crippen LogP contribution in [0.15, 0.2) is 63.7 Å². The van der Waals surface area contributed by atoms with Crippen LogP contribution in [0.4, 0.5) is 0 Å². The van der Waals surface area contributed by atoms with Gasteiger partial charge in [-0.25, -0.2) is 13.4 Å². The van der Waals surface area contributed by atoms with Gasteiger partial charge >= 0.3 is 0 Å². The lowest BCUT2D eigenvalue weighted by atomic mass is 10.3. The van der Waals surface area contributed by atoms with E-state index >= 15 is 0 Å². The molecule has 32 heavy (non-hydrogen) atoms. The quantitative estimate of drug-likeness (QED) is 0.421. The lowest BCUT2D eigenvalue weighted by Gasteiger charge is -2.26. The van der Waals surface area contributed by atoms with Crippen molar-refractivity contribution >= 4 is 32.8 Å². The number of hydrogen-bond acceptors (Lipinski definition) is 8. The van der Waals surface area contributed by atoms with Crippen molar-refractivity contribution in [3.05, 3.63) is 48.5 Å². The van der Waals surface area contributed by atoms with Crippen LogP contribution in [0.25, 0.3) is 16.7 Å². The van der Waals surface area contributed by atoms with Crippen LogP contribution in [0.1, 0.15) is 6.92 Å². The lowest BCUT2D eigenvalue weighted by molar-refractivity contribution is 0.0730. The Morgan fingerprint density at radius 2 is 1.84 bits per heavy atom.